The summed E-state index contributed by atoms with van der Waals surface area (Å²) in [7, 11) is 0. The number of benzene rings is 3. The van der Waals surface area contributed by atoms with Gasteiger partial charge in [0.05, 0.1) is 0 Å². The number of aryl methyl sites for hydroxylation is 1. The van der Waals surface area contributed by atoms with E-state index in [1.807, 2.05) is 12.1 Å². The predicted octanol–water partition coefficient (Wildman–Crippen LogP) is 10.2. The molecule has 1 heteroatoms. The number of hydrogen-bond donors (Lipinski definition) is 0. The second-order valence-electron chi connectivity index (χ2n) is 10.3. The van der Waals surface area contributed by atoms with Gasteiger partial charge in [-0.2, -0.15) is 0 Å². The quantitative estimate of drug-likeness (QED) is 0.273. The third-order valence-electron chi connectivity index (χ3n) is 7.84. The van der Waals surface area contributed by atoms with Gasteiger partial charge in [0.1, 0.15) is 5.82 Å². The summed E-state index contributed by atoms with van der Waals surface area (Å²) in [5.74, 6) is 1.52. The van der Waals surface area contributed by atoms with Crippen molar-refractivity contribution in [2.75, 3.05) is 0 Å². The molecule has 0 N–H and O–H groups in total. The first-order valence-corrected chi connectivity index (χ1v) is 13.5. The monoisotopic (exact) mass is 444 g/mol. The van der Waals surface area contributed by atoms with Crippen molar-refractivity contribution >= 4 is 10.8 Å². The van der Waals surface area contributed by atoms with Gasteiger partial charge in [-0.15, -0.1) is 0 Å². The molecule has 0 atom stereocenters. The highest BCUT2D eigenvalue weighted by Crippen LogP contribution is 2.38. The molecule has 176 valence electrons. The van der Waals surface area contributed by atoms with Crippen molar-refractivity contribution in [2.24, 2.45) is 5.92 Å². The molecule has 0 bridgehead atoms. The Hall–Kier alpha value is -2.15. The van der Waals surface area contributed by atoms with Gasteiger partial charge in [0.15, 0.2) is 0 Å². The summed E-state index contributed by atoms with van der Waals surface area (Å²) in [5, 5.41) is 1.75. The molecule has 33 heavy (non-hydrogen) atoms. The second-order valence-corrected chi connectivity index (χ2v) is 10.3. The fourth-order valence-corrected chi connectivity index (χ4v) is 5.70. The van der Waals surface area contributed by atoms with Crippen molar-refractivity contribution in [3.05, 3.63) is 71.5 Å². The van der Waals surface area contributed by atoms with Crippen LogP contribution in [-0.4, -0.2) is 0 Å². The number of rotatable bonds is 10. The summed E-state index contributed by atoms with van der Waals surface area (Å²) >= 11 is 0. The molecule has 0 unspecified atom stereocenters. The topological polar surface area (TPSA) is 0 Å². The van der Waals surface area contributed by atoms with E-state index in [1.165, 1.54) is 81.8 Å². The van der Waals surface area contributed by atoms with Crippen molar-refractivity contribution < 1.29 is 4.39 Å². The SMILES string of the molecule is CCCCCc1ccc2c(F)c(-c3ccc(C4CCC(CCCCC)CC4)cc3)ccc2c1. The summed E-state index contributed by atoms with van der Waals surface area (Å²) in [4.78, 5) is 0. The first-order chi connectivity index (χ1) is 16.2. The Labute approximate surface area is 200 Å². The normalized spacial score (nSPS) is 18.6. The van der Waals surface area contributed by atoms with Crippen molar-refractivity contribution in [1.29, 1.82) is 0 Å². The predicted molar refractivity (Wildman–Crippen MR) is 141 cm³/mol. The van der Waals surface area contributed by atoms with Crippen molar-refractivity contribution in [3.63, 3.8) is 0 Å². The number of halogens is 1. The van der Waals surface area contributed by atoms with Crippen LogP contribution in [-0.2, 0) is 6.42 Å². The standard InChI is InChI=1S/C32H41F/c1-3-5-7-9-24-11-14-26(15-12-24)27-16-18-28(19-17-27)30-22-20-29-23-25(10-8-6-4-2)13-21-31(29)32(30)33/h13,16-24,26H,3-12,14-15H2,1-2H3. The average molecular weight is 445 g/mol. The van der Waals surface area contributed by atoms with Crippen LogP contribution in [0.15, 0.2) is 54.6 Å². The van der Waals surface area contributed by atoms with Gasteiger partial charge >= 0.3 is 0 Å². The van der Waals surface area contributed by atoms with Crippen LogP contribution in [0.4, 0.5) is 4.39 Å². The Morgan fingerprint density at radius 2 is 1.48 bits per heavy atom. The van der Waals surface area contributed by atoms with E-state index < -0.39 is 0 Å². The minimum absolute atomic E-state index is 0.0899. The van der Waals surface area contributed by atoms with Crippen LogP contribution in [0.5, 0.6) is 0 Å². The van der Waals surface area contributed by atoms with Crippen LogP contribution in [0.1, 0.15) is 102 Å². The van der Waals surface area contributed by atoms with Gasteiger partial charge in [-0.3, -0.25) is 0 Å². The van der Waals surface area contributed by atoms with E-state index in [-0.39, 0.29) is 5.82 Å². The van der Waals surface area contributed by atoms with Gasteiger partial charge in [-0.05, 0) is 72.4 Å². The maximum Gasteiger partial charge on any atom is 0.138 e. The van der Waals surface area contributed by atoms with E-state index in [0.717, 1.165) is 28.7 Å². The van der Waals surface area contributed by atoms with Crippen molar-refractivity contribution in [2.45, 2.75) is 96.8 Å². The first-order valence-electron chi connectivity index (χ1n) is 13.5. The minimum atomic E-state index is -0.0899. The molecule has 4 rings (SSSR count). The molecule has 1 aliphatic carbocycles. The molecular formula is C32H41F. The lowest BCUT2D eigenvalue weighted by Gasteiger charge is -2.29. The van der Waals surface area contributed by atoms with E-state index >= 15 is 4.39 Å². The third kappa shape index (κ3) is 6.05. The van der Waals surface area contributed by atoms with E-state index in [9.17, 15) is 0 Å². The van der Waals surface area contributed by atoms with Crippen LogP contribution in [0.3, 0.4) is 0 Å². The van der Waals surface area contributed by atoms with Crippen LogP contribution in [0.2, 0.25) is 0 Å². The fourth-order valence-electron chi connectivity index (χ4n) is 5.70. The zero-order valence-corrected chi connectivity index (χ0v) is 20.7. The molecule has 0 aromatic heterocycles. The van der Waals surface area contributed by atoms with E-state index in [2.05, 4.69) is 56.3 Å². The molecule has 0 nitrogen and oxygen atoms in total. The Morgan fingerprint density at radius 3 is 2.21 bits per heavy atom. The summed E-state index contributed by atoms with van der Waals surface area (Å²) in [6, 6.07) is 19.1. The summed E-state index contributed by atoms with van der Waals surface area (Å²) in [6.07, 6.45) is 15.6. The smallest absolute Gasteiger partial charge is 0.138 e. The van der Waals surface area contributed by atoms with Gasteiger partial charge in [0, 0.05) is 10.9 Å². The molecule has 0 radical (unpaired) electrons. The lowest BCUT2D eigenvalue weighted by atomic mass is 9.77. The fraction of sp³-hybridized carbons (Fsp3) is 0.500. The van der Waals surface area contributed by atoms with E-state index in [1.54, 1.807) is 0 Å². The van der Waals surface area contributed by atoms with Gasteiger partial charge in [-0.25, -0.2) is 4.39 Å². The second kappa shape index (κ2) is 11.8. The van der Waals surface area contributed by atoms with Crippen LogP contribution < -0.4 is 0 Å². The molecule has 3 aromatic rings. The first kappa shape index (κ1) is 24.0. The summed E-state index contributed by atoms with van der Waals surface area (Å²) < 4.78 is 15.4. The highest BCUT2D eigenvalue weighted by atomic mass is 19.1. The minimum Gasteiger partial charge on any atom is -0.206 e. The molecule has 1 saturated carbocycles. The van der Waals surface area contributed by atoms with Crippen molar-refractivity contribution in [1.82, 2.24) is 0 Å². The maximum absolute atomic E-state index is 15.4. The molecular weight excluding hydrogens is 403 g/mol. The Morgan fingerprint density at radius 1 is 0.758 bits per heavy atom. The van der Waals surface area contributed by atoms with Gasteiger partial charge in [-0.1, -0.05) is 107 Å². The third-order valence-corrected chi connectivity index (χ3v) is 7.84. The van der Waals surface area contributed by atoms with E-state index in [4.69, 9.17) is 0 Å². The molecule has 3 aromatic carbocycles. The molecule has 1 fully saturated rings. The van der Waals surface area contributed by atoms with Crippen LogP contribution >= 0.6 is 0 Å². The highest BCUT2D eigenvalue weighted by Gasteiger charge is 2.22. The Kier molecular flexibility index (Phi) is 8.59. The molecule has 0 aliphatic heterocycles. The van der Waals surface area contributed by atoms with Gasteiger partial charge in [0.25, 0.3) is 0 Å². The van der Waals surface area contributed by atoms with Gasteiger partial charge < -0.3 is 0 Å². The molecule has 0 saturated heterocycles. The highest BCUT2D eigenvalue weighted by molar-refractivity contribution is 5.88. The molecule has 0 amide bonds. The summed E-state index contributed by atoms with van der Waals surface area (Å²) in [5.41, 5.74) is 4.45. The van der Waals surface area contributed by atoms with Crippen LogP contribution in [0.25, 0.3) is 21.9 Å². The van der Waals surface area contributed by atoms with Crippen LogP contribution in [0, 0.1) is 11.7 Å². The zero-order valence-electron chi connectivity index (χ0n) is 20.7. The van der Waals surface area contributed by atoms with E-state index in [0.29, 0.717) is 11.5 Å². The lowest BCUT2D eigenvalue weighted by Crippen LogP contribution is -2.13. The zero-order chi connectivity index (χ0) is 23.0. The largest absolute Gasteiger partial charge is 0.206 e. The maximum atomic E-state index is 15.4. The van der Waals surface area contributed by atoms with Crippen molar-refractivity contribution in [3.8, 4) is 11.1 Å². The number of fused-ring (bicyclic) bond motifs is 1. The summed E-state index contributed by atoms with van der Waals surface area (Å²) in [6.45, 7) is 4.51. The van der Waals surface area contributed by atoms with Gasteiger partial charge in [0.2, 0.25) is 0 Å². The number of hydrogen-bond acceptors (Lipinski definition) is 0. The molecule has 0 heterocycles. The lowest BCUT2D eigenvalue weighted by molar-refractivity contribution is 0.303. The Balaban J connectivity index is 1.42. The Bertz CT molecular complexity index is 1010. The molecule has 1 aliphatic rings. The number of unbranched alkanes of at least 4 members (excludes halogenated alkanes) is 4. The average Bonchev–Trinajstić information content (AvgIpc) is 2.85. The molecule has 0 spiro atoms.